The van der Waals surface area contributed by atoms with Crippen molar-refractivity contribution in [1.29, 1.82) is 0 Å². The third kappa shape index (κ3) is 1.83. The zero-order valence-electron chi connectivity index (χ0n) is 11.3. The van der Waals surface area contributed by atoms with Crippen molar-refractivity contribution in [3.05, 3.63) is 29.8 Å². The first-order valence-electron chi connectivity index (χ1n) is 6.96. The molecule has 3 aromatic heterocycles. The maximum atomic E-state index is 4.72. The highest BCUT2D eigenvalue weighted by Crippen LogP contribution is 2.35. The van der Waals surface area contributed by atoms with Crippen LogP contribution >= 0.6 is 11.3 Å². The first-order valence-corrected chi connectivity index (χ1v) is 7.78. The molecule has 1 aliphatic rings. The smallest absolute Gasteiger partial charge is 0.234 e. The van der Waals surface area contributed by atoms with Crippen molar-refractivity contribution < 1.29 is 0 Å². The van der Waals surface area contributed by atoms with Gasteiger partial charge in [0.15, 0.2) is 5.82 Å². The molecule has 0 aromatic carbocycles. The molecule has 0 radical (unpaired) electrons. The van der Waals surface area contributed by atoms with Gasteiger partial charge in [-0.15, -0.1) is 10.2 Å². The second-order valence-electron chi connectivity index (χ2n) is 5.33. The Morgan fingerprint density at radius 3 is 2.90 bits per heavy atom. The Balaban J connectivity index is 1.81. The van der Waals surface area contributed by atoms with E-state index in [-0.39, 0.29) is 0 Å². The quantitative estimate of drug-likeness (QED) is 0.725. The Kier molecular flexibility index (Phi) is 2.77. The van der Waals surface area contributed by atoms with Crippen LogP contribution < -0.4 is 0 Å². The van der Waals surface area contributed by atoms with Gasteiger partial charge in [-0.05, 0) is 31.4 Å². The third-order valence-electron chi connectivity index (χ3n) is 4.00. The number of rotatable bonds is 2. The third-order valence-corrected chi connectivity index (χ3v) is 4.94. The summed E-state index contributed by atoms with van der Waals surface area (Å²) >= 11 is 1.58. The summed E-state index contributed by atoms with van der Waals surface area (Å²) in [5.41, 5.74) is 2.27. The number of aromatic nitrogens is 5. The lowest BCUT2D eigenvalue weighted by atomic mass is 10.1. The van der Waals surface area contributed by atoms with E-state index in [1.54, 1.807) is 11.3 Å². The summed E-state index contributed by atoms with van der Waals surface area (Å²) in [4.78, 5) is 5.08. The topological polar surface area (TPSA) is 56.0 Å². The zero-order valence-corrected chi connectivity index (χ0v) is 12.1. The molecule has 6 heteroatoms. The van der Waals surface area contributed by atoms with E-state index in [2.05, 4.69) is 22.1 Å². The molecule has 3 heterocycles. The molecule has 0 bridgehead atoms. The molecule has 0 spiro atoms. The summed E-state index contributed by atoms with van der Waals surface area (Å²) in [7, 11) is 0. The van der Waals surface area contributed by atoms with Crippen molar-refractivity contribution in [2.75, 3.05) is 0 Å². The van der Waals surface area contributed by atoms with Crippen molar-refractivity contribution in [1.82, 2.24) is 24.8 Å². The van der Waals surface area contributed by atoms with Crippen LogP contribution in [-0.4, -0.2) is 24.8 Å². The lowest BCUT2D eigenvalue weighted by molar-refractivity contribution is 0.641. The highest BCUT2D eigenvalue weighted by molar-refractivity contribution is 7.19. The molecule has 0 N–H and O–H groups in total. The van der Waals surface area contributed by atoms with Crippen LogP contribution in [0.5, 0.6) is 0 Å². The number of fused-ring (bicyclic) bond motifs is 1. The van der Waals surface area contributed by atoms with Crippen molar-refractivity contribution >= 4 is 16.3 Å². The van der Waals surface area contributed by atoms with Gasteiger partial charge in [-0.3, -0.25) is 4.98 Å². The highest BCUT2D eigenvalue weighted by Gasteiger charge is 2.24. The van der Waals surface area contributed by atoms with Gasteiger partial charge in [0.05, 0.1) is 0 Å². The van der Waals surface area contributed by atoms with E-state index in [4.69, 9.17) is 5.10 Å². The first kappa shape index (κ1) is 12.0. The maximum absolute atomic E-state index is 4.72. The lowest BCUT2D eigenvalue weighted by Gasteiger charge is -2.03. The van der Waals surface area contributed by atoms with Crippen molar-refractivity contribution in [2.24, 2.45) is 0 Å². The molecular formula is C14H15N5S. The van der Waals surface area contributed by atoms with Gasteiger partial charge in [0, 0.05) is 23.9 Å². The molecule has 5 nitrogen and oxygen atoms in total. The summed E-state index contributed by atoms with van der Waals surface area (Å²) in [5, 5.41) is 14.3. The Hall–Kier alpha value is -1.82. The second kappa shape index (κ2) is 4.63. The van der Waals surface area contributed by atoms with Crippen LogP contribution in [-0.2, 0) is 0 Å². The normalized spacial score (nSPS) is 16.2. The van der Waals surface area contributed by atoms with Gasteiger partial charge >= 0.3 is 0 Å². The average Bonchev–Trinajstić information content (AvgIpc) is 3.14. The Morgan fingerprint density at radius 2 is 2.10 bits per heavy atom. The lowest BCUT2D eigenvalue weighted by Crippen LogP contribution is -2.01. The van der Waals surface area contributed by atoms with Gasteiger partial charge in [-0.1, -0.05) is 24.2 Å². The molecule has 1 saturated carbocycles. The average molecular weight is 285 g/mol. The Morgan fingerprint density at radius 1 is 1.25 bits per heavy atom. The summed E-state index contributed by atoms with van der Waals surface area (Å²) in [6.07, 6.45) is 8.68. The van der Waals surface area contributed by atoms with Gasteiger partial charge in [0.1, 0.15) is 5.01 Å². The summed E-state index contributed by atoms with van der Waals surface area (Å²) in [6, 6.07) is 2.01. The SMILES string of the molecule is Cc1ccncc1-c1nn2c(C3CCCC3)nnc2s1. The first-order chi connectivity index (χ1) is 9.83. The monoisotopic (exact) mass is 285 g/mol. The van der Waals surface area contributed by atoms with Gasteiger partial charge < -0.3 is 0 Å². The van der Waals surface area contributed by atoms with E-state index < -0.39 is 0 Å². The Bertz CT molecular complexity index is 754. The van der Waals surface area contributed by atoms with E-state index in [0.29, 0.717) is 5.92 Å². The largest absolute Gasteiger partial charge is 0.264 e. The van der Waals surface area contributed by atoms with Crippen LogP contribution in [0.15, 0.2) is 18.5 Å². The van der Waals surface area contributed by atoms with Crippen LogP contribution in [0.25, 0.3) is 15.5 Å². The number of hydrogen-bond acceptors (Lipinski definition) is 5. The molecule has 4 rings (SSSR count). The van der Waals surface area contributed by atoms with E-state index in [9.17, 15) is 0 Å². The van der Waals surface area contributed by atoms with Crippen LogP contribution in [0, 0.1) is 6.92 Å². The number of hydrogen-bond donors (Lipinski definition) is 0. The van der Waals surface area contributed by atoms with Gasteiger partial charge in [0.2, 0.25) is 4.96 Å². The van der Waals surface area contributed by atoms with E-state index in [1.807, 2.05) is 23.0 Å². The maximum Gasteiger partial charge on any atom is 0.234 e. The molecule has 1 fully saturated rings. The minimum absolute atomic E-state index is 0.523. The fraction of sp³-hybridized carbons (Fsp3) is 0.429. The molecule has 0 atom stereocenters. The number of nitrogens with zero attached hydrogens (tertiary/aromatic N) is 5. The van der Waals surface area contributed by atoms with Crippen molar-refractivity contribution in [2.45, 2.75) is 38.5 Å². The fourth-order valence-corrected chi connectivity index (χ4v) is 3.79. The molecule has 1 aliphatic carbocycles. The molecule has 20 heavy (non-hydrogen) atoms. The fourth-order valence-electron chi connectivity index (χ4n) is 2.87. The van der Waals surface area contributed by atoms with E-state index in [1.165, 1.54) is 31.2 Å². The zero-order chi connectivity index (χ0) is 13.5. The molecular weight excluding hydrogens is 270 g/mol. The molecule has 0 saturated heterocycles. The molecule has 0 unspecified atom stereocenters. The summed E-state index contributed by atoms with van der Waals surface area (Å²) < 4.78 is 1.93. The van der Waals surface area contributed by atoms with Crippen LogP contribution in [0.3, 0.4) is 0 Å². The number of pyridine rings is 1. The Labute approximate surface area is 120 Å². The minimum Gasteiger partial charge on any atom is -0.264 e. The molecule has 0 aliphatic heterocycles. The highest BCUT2D eigenvalue weighted by atomic mass is 32.1. The van der Waals surface area contributed by atoms with Crippen LogP contribution in [0.4, 0.5) is 0 Å². The minimum atomic E-state index is 0.523. The number of aryl methyl sites for hydroxylation is 1. The van der Waals surface area contributed by atoms with E-state index >= 15 is 0 Å². The van der Waals surface area contributed by atoms with Crippen LogP contribution in [0.1, 0.15) is 43.0 Å². The van der Waals surface area contributed by atoms with Gasteiger partial charge in [0.25, 0.3) is 0 Å². The van der Waals surface area contributed by atoms with Crippen molar-refractivity contribution in [3.63, 3.8) is 0 Å². The molecule has 0 amide bonds. The van der Waals surface area contributed by atoms with Crippen LogP contribution in [0.2, 0.25) is 0 Å². The van der Waals surface area contributed by atoms with E-state index in [0.717, 1.165) is 21.4 Å². The standard InChI is InChI=1S/C14H15N5S/c1-9-6-7-15-8-11(9)13-18-19-12(10-4-2-3-5-10)16-17-14(19)20-13/h6-8,10H,2-5H2,1H3. The summed E-state index contributed by atoms with van der Waals surface area (Å²) in [5.74, 6) is 1.55. The molecule has 102 valence electrons. The van der Waals surface area contributed by atoms with Gasteiger partial charge in [-0.25, -0.2) is 0 Å². The summed E-state index contributed by atoms with van der Waals surface area (Å²) in [6.45, 7) is 2.08. The predicted octanol–water partition coefficient (Wildman–Crippen LogP) is 3.21. The second-order valence-corrected chi connectivity index (χ2v) is 6.29. The molecule has 3 aromatic rings. The van der Waals surface area contributed by atoms with Gasteiger partial charge in [-0.2, -0.15) is 9.61 Å². The van der Waals surface area contributed by atoms with Crippen molar-refractivity contribution in [3.8, 4) is 10.6 Å². The predicted molar refractivity (Wildman–Crippen MR) is 77.8 cm³/mol.